The van der Waals surface area contributed by atoms with Crippen LogP contribution in [0.2, 0.25) is 0 Å². The maximum atomic E-state index is 11.0. The number of thioether (sulfide) groups is 1. The molecule has 2 rings (SSSR count). The zero-order valence-electron chi connectivity index (χ0n) is 7.21. The molecule has 2 fully saturated rings. The highest BCUT2D eigenvalue weighted by Crippen LogP contribution is 2.31. The average Bonchev–Trinajstić information content (AvgIpc) is 2.54. The van der Waals surface area contributed by atoms with Gasteiger partial charge in [0.2, 0.25) is 5.91 Å². The number of hydrogen-bond donors (Lipinski definition) is 1. The van der Waals surface area contributed by atoms with Crippen molar-refractivity contribution in [3.8, 4) is 0 Å². The zero-order valence-corrected chi connectivity index (χ0v) is 8.03. The Kier molecular flexibility index (Phi) is 2.59. The summed E-state index contributed by atoms with van der Waals surface area (Å²) in [7, 11) is 0. The Balaban J connectivity index is 1.86. The van der Waals surface area contributed by atoms with Crippen molar-refractivity contribution in [3.05, 3.63) is 0 Å². The van der Waals surface area contributed by atoms with Crippen LogP contribution in [0, 0.1) is 11.8 Å². The van der Waals surface area contributed by atoms with Gasteiger partial charge in [0.25, 0.3) is 0 Å². The maximum Gasteiger partial charge on any atom is 0.220 e. The van der Waals surface area contributed by atoms with Gasteiger partial charge in [0.15, 0.2) is 0 Å². The van der Waals surface area contributed by atoms with Crippen molar-refractivity contribution >= 4 is 17.7 Å². The molecule has 2 aliphatic rings. The molecule has 68 valence electrons. The smallest absolute Gasteiger partial charge is 0.220 e. The molecule has 1 N–H and O–H groups in total. The number of nitrogens with one attached hydrogen (secondary N) is 1. The number of carbonyl (C=O) groups is 1. The van der Waals surface area contributed by atoms with Crippen LogP contribution in [0.3, 0.4) is 0 Å². The highest BCUT2D eigenvalue weighted by Gasteiger charge is 2.29. The van der Waals surface area contributed by atoms with Gasteiger partial charge in [-0.05, 0) is 36.2 Å². The summed E-state index contributed by atoms with van der Waals surface area (Å²) in [4.78, 5) is 11.0. The third kappa shape index (κ3) is 1.76. The number of rotatable bonds is 1. The number of carbonyl (C=O) groups excluding carboxylic acids is 1. The lowest BCUT2D eigenvalue weighted by atomic mass is 9.87. The van der Waals surface area contributed by atoms with Gasteiger partial charge < -0.3 is 5.32 Å². The third-order valence-corrected chi connectivity index (χ3v) is 3.99. The zero-order chi connectivity index (χ0) is 8.39. The lowest BCUT2D eigenvalue weighted by Gasteiger charge is -2.25. The van der Waals surface area contributed by atoms with Gasteiger partial charge in [-0.3, -0.25) is 4.79 Å². The van der Waals surface area contributed by atoms with Crippen molar-refractivity contribution in [1.29, 1.82) is 0 Å². The van der Waals surface area contributed by atoms with Crippen molar-refractivity contribution < 1.29 is 4.79 Å². The molecule has 0 aromatic heterocycles. The van der Waals surface area contributed by atoms with Crippen molar-refractivity contribution in [2.24, 2.45) is 11.8 Å². The molecule has 2 saturated heterocycles. The van der Waals surface area contributed by atoms with E-state index in [9.17, 15) is 4.79 Å². The molecule has 2 heterocycles. The summed E-state index contributed by atoms with van der Waals surface area (Å²) >= 11 is 2.05. The molecule has 3 heteroatoms. The monoisotopic (exact) mass is 185 g/mol. The van der Waals surface area contributed by atoms with E-state index >= 15 is 0 Å². The van der Waals surface area contributed by atoms with E-state index < -0.39 is 0 Å². The lowest BCUT2D eigenvalue weighted by molar-refractivity contribution is -0.119. The quantitative estimate of drug-likeness (QED) is 0.666. The van der Waals surface area contributed by atoms with Crippen LogP contribution in [0.4, 0.5) is 0 Å². The minimum atomic E-state index is 0.262. The molecule has 1 unspecified atom stereocenters. The minimum Gasteiger partial charge on any atom is -0.356 e. The van der Waals surface area contributed by atoms with Crippen LogP contribution >= 0.6 is 11.8 Å². The molecular weight excluding hydrogens is 170 g/mol. The predicted molar refractivity (Wildman–Crippen MR) is 51.2 cm³/mol. The summed E-state index contributed by atoms with van der Waals surface area (Å²) in [5.74, 6) is 4.34. The Bertz CT molecular complexity index is 177. The largest absolute Gasteiger partial charge is 0.356 e. The lowest BCUT2D eigenvalue weighted by Crippen LogP contribution is -2.22. The van der Waals surface area contributed by atoms with E-state index in [0.29, 0.717) is 5.92 Å². The molecule has 1 atom stereocenters. The Labute approximate surface area is 77.5 Å². The first kappa shape index (κ1) is 8.42. The molecule has 2 aliphatic heterocycles. The van der Waals surface area contributed by atoms with Gasteiger partial charge >= 0.3 is 0 Å². The fourth-order valence-corrected chi connectivity index (χ4v) is 3.29. The van der Waals surface area contributed by atoms with Crippen LogP contribution in [0.25, 0.3) is 0 Å². The first-order chi connectivity index (χ1) is 5.86. The van der Waals surface area contributed by atoms with Crippen molar-refractivity contribution in [2.45, 2.75) is 19.3 Å². The van der Waals surface area contributed by atoms with Crippen LogP contribution in [-0.4, -0.2) is 24.0 Å². The molecule has 1 amide bonds. The Morgan fingerprint density at radius 3 is 2.58 bits per heavy atom. The van der Waals surface area contributed by atoms with Crippen LogP contribution in [0.15, 0.2) is 0 Å². The van der Waals surface area contributed by atoms with E-state index in [1.54, 1.807) is 0 Å². The van der Waals surface area contributed by atoms with E-state index in [0.717, 1.165) is 18.9 Å². The van der Waals surface area contributed by atoms with E-state index in [1.165, 1.54) is 24.3 Å². The molecule has 0 radical (unpaired) electrons. The Morgan fingerprint density at radius 2 is 2.00 bits per heavy atom. The topological polar surface area (TPSA) is 29.1 Å². The summed E-state index contributed by atoms with van der Waals surface area (Å²) in [6.07, 6.45) is 3.43. The van der Waals surface area contributed by atoms with E-state index in [4.69, 9.17) is 0 Å². The van der Waals surface area contributed by atoms with Crippen molar-refractivity contribution in [1.82, 2.24) is 5.32 Å². The number of hydrogen-bond acceptors (Lipinski definition) is 2. The first-order valence-electron chi connectivity index (χ1n) is 4.70. The fraction of sp³-hybridized carbons (Fsp3) is 0.889. The standard InChI is InChI=1S/C9H15NOS/c11-9-5-8(6-10-9)7-1-3-12-4-2-7/h7-8H,1-6H2,(H,10,11). The molecule has 12 heavy (non-hydrogen) atoms. The molecule has 2 nitrogen and oxygen atoms in total. The second-order valence-electron chi connectivity index (χ2n) is 3.72. The van der Waals surface area contributed by atoms with Gasteiger partial charge in [-0.25, -0.2) is 0 Å². The van der Waals surface area contributed by atoms with Gasteiger partial charge in [-0.1, -0.05) is 0 Å². The van der Waals surface area contributed by atoms with Gasteiger partial charge in [0, 0.05) is 13.0 Å². The molecule has 0 saturated carbocycles. The van der Waals surface area contributed by atoms with Crippen LogP contribution in [0.1, 0.15) is 19.3 Å². The molecule has 0 bridgehead atoms. The van der Waals surface area contributed by atoms with Gasteiger partial charge in [-0.2, -0.15) is 11.8 Å². The predicted octanol–water partition coefficient (Wildman–Crippen LogP) is 1.27. The normalized spacial score (nSPS) is 32.0. The summed E-state index contributed by atoms with van der Waals surface area (Å²) in [5, 5.41) is 2.92. The van der Waals surface area contributed by atoms with Crippen molar-refractivity contribution in [2.75, 3.05) is 18.1 Å². The second-order valence-corrected chi connectivity index (χ2v) is 4.94. The molecule has 0 aliphatic carbocycles. The minimum absolute atomic E-state index is 0.262. The van der Waals surface area contributed by atoms with E-state index in [2.05, 4.69) is 17.1 Å². The Morgan fingerprint density at radius 1 is 1.25 bits per heavy atom. The van der Waals surface area contributed by atoms with E-state index in [-0.39, 0.29) is 5.91 Å². The molecule has 0 spiro atoms. The van der Waals surface area contributed by atoms with Gasteiger partial charge in [-0.15, -0.1) is 0 Å². The SMILES string of the molecule is O=C1CC(C2CCSCC2)CN1. The highest BCUT2D eigenvalue weighted by atomic mass is 32.2. The Hall–Kier alpha value is -0.180. The highest BCUT2D eigenvalue weighted by molar-refractivity contribution is 7.99. The molecular formula is C9H15NOS. The average molecular weight is 185 g/mol. The van der Waals surface area contributed by atoms with Crippen LogP contribution in [-0.2, 0) is 4.79 Å². The van der Waals surface area contributed by atoms with E-state index in [1.807, 2.05) is 0 Å². The summed E-state index contributed by atoms with van der Waals surface area (Å²) in [5.41, 5.74) is 0. The summed E-state index contributed by atoms with van der Waals surface area (Å²) < 4.78 is 0. The second kappa shape index (κ2) is 3.69. The molecule has 0 aromatic rings. The van der Waals surface area contributed by atoms with Crippen molar-refractivity contribution in [3.63, 3.8) is 0 Å². The maximum absolute atomic E-state index is 11.0. The summed E-state index contributed by atoms with van der Waals surface area (Å²) in [6.45, 7) is 0.939. The molecule has 0 aromatic carbocycles. The number of amides is 1. The van der Waals surface area contributed by atoms with Crippen LogP contribution < -0.4 is 5.32 Å². The van der Waals surface area contributed by atoms with Gasteiger partial charge in [0.1, 0.15) is 0 Å². The van der Waals surface area contributed by atoms with Crippen LogP contribution in [0.5, 0.6) is 0 Å². The fourth-order valence-electron chi connectivity index (χ4n) is 2.15. The first-order valence-corrected chi connectivity index (χ1v) is 5.86. The third-order valence-electron chi connectivity index (χ3n) is 2.94. The summed E-state index contributed by atoms with van der Waals surface area (Å²) in [6, 6.07) is 0. The van der Waals surface area contributed by atoms with Gasteiger partial charge in [0.05, 0.1) is 0 Å².